The minimum Gasteiger partial charge on any atom is -0.387 e. The van der Waals surface area contributed by atoms with Crippen molar-refractivity contribution < 1.29 is 13.5 Å². The van der Waals surface area contributed by atoms with Crippen LogP contribution in [-0.4, -0.2) is 61.2 Å². The van der Waals surface area contributed by atoms with Gasteiger partial charge in [0, 0.05) is 32.2 Å². The molecule has 1 aliphatic heterocycles. The lowest BCUT2D eigenvalue weighted by Crippen LogP contribution is -2.54. The normalized spacial score (nSPS) is 21.9. The van der Waals surface area contributed by atoms with Crippen LogP contribution < -0.4 is 0 Å². The van der Waals surface area contributed by atoms with Crippen molar-refractivity contribution in [3.05, 3.63) is 48.0 Å². The van der Waals surface area contributed by atoms with Gasteiger partial charge in [0.2, 0.25) is 10.0 Å². The second-order valence-corrected chi connectivity index (χ2v) is 8.50. The average molecular weight is 348 g/mol. The highest BCUT2D eigenvalue weighted by molar-refractivity contribution is 7.88. The minimum atomic E-state index is -3.16. The van der Waals surface area contributed by atoms with E-state index in [0.29, 0.717) is 26.2 Å². The highest BCUT2D eigenvalue weighted by Gasteiger charge is 2.30. The van der Waals surface area contributed by atoms with Crippen molar-refractivity contribution in [1.29, 1.82) is 0 Å². The highest BCUT2D eigenvalue weighted by Crippen LogP contribution is 2.25. The molecule has 0 aromatic heterocycles. The monoisotopic (exact) mass is 348 g/mol. The molecule has 0 unspecified atom stereocenters. The molecule has 0 bridgehead atoms. The standard InChI is InChI=1S/C18H24N2O3S/c1-14-12-19(10-11-20(14)24(2,22)23)13-18(21)17-9-5-7-15-6-3-4-8-16(15)17/h3-9,14,18,21H,10-13H2,1-2H3/t14-,18-/m0/s1. The lowest BCUT2D eigenvalue weighted by Gasteiger charge is -2.39. The highest BCUT2D eigenvalue weighted by atomic mass is 32.2. The number of nitrogens with zero attached hydrogens (tertiary/aromatic N) is 2. The zero-order valence-corrected chi connectivity index (χ0v) is 14.9. The van der Waals surface area contributed by atoms with Crippen LogP contribution in [0.25, 0.3) is 10.8 Å². The molecule has 0 radical (unpaired) electrons. The lowest BCUT2D eigenvalue weighted by atomic mass is 10.00. The summed E-state index contributed by atoms with van der Waals surface area (Å²) >= 11 is 0. The number of hydrogen-bond acceptors (Lipinski definition) is 4. The number of fused-ring (bicyclic) bond motifs is 1. The van der Waals surface area contributed by atoms with E-state index in [-0.39, 0.29) is 6.04 Å². The van der Waals surface area contributed by atoms with Crippen molar-refractivity contribution >= 4 is 20.8 Å². The van der Waals surface area contributed by atoms with Crippen LogP contribution in [0.3, 0.4) is 0 Å². The van der Waals surface area contributed by atoms with E-state index in [1.165, 1.54) is 10.6 Å². The van der Waals surface area contributed by atoms with Gasteiger partial charge in [-0.1, -0.05) is 42.5 Å². The Hall–Kier alpha value is -1.47. The number of piperazine rings is 1. The molecule has 0 aliphatic carbocycles. The molecule has 2 atom stereocenters. The number of rotatable bonds is 4. The predicted octanol–water partition coefficient (Wildman–Crippen LogP) is 1.84. The largest absolute Gasteiger partial charge is 0.387 e. The summed E-state index contributed by atoms with van der Waals surface area (Å²) in [6.07, 6.45) is 0.664. The molecular formula is C18H24N2O3S. The van der Waals surface area contributed by atoms with E-state index >= 15 is 0 Å². The quantitative estimate of drug-likeness (QED) is 0.916. The fourth-order valence-electron chi connectivity index (χ4n) is 3.56. The van der Waals surface area contributed by atoms with Gasteiger partial charge in [-0.3, -0.25) is 4.90 Å². The van der Waals surface area contributed by atoms with Crippen LogP contribution in [0.1, 0.15) is 18.6 Å². The molecule has 2 aromatic carbocycles. The predicted molar refractivity (Wildman–Crippen MR) is 96.4 cm³/mol. The van der Waals surface area contributed by atoms with E-state index in [1.807, 2.05) is 49.4 Å². The summed E-state index contributed by atoms with van der Waals surface area (Å²) in [5, 5.41) is 12.9. The smallest absolute Gasteiger partial charge is 0.211 e. The van der Waals surface area contributed by atoms with Crippen molar-refractivity contribution in [3.8, 4) is 0 Å². The van der Waals surface area contributed by atoms with Gasteiger partial charge >= 0.3 is 0 Å². The topological polar surface area (TPSA) is 60.9 Å². The van der Waals surface area contributed by atoms with Gasteiger partial charge in [-0.05, 0) is 23.3 Å². The molecule has 6 heteroatoms. The number of β-amino-alcohol motifs (C(OH)–C–C–N with tert-alkyl or cyclic N) is 1. The molecule has 1 fully saturated rings. The first-order chi connectivity index (χ1) is 11.4. The Morgan fingerprint density at radius 3 is 2.58 bits per heavy atom. The first-order valence-electron chi connectivity index (χ1n) is 8.21. The maximum atomic E-state index is 11.8. The Morgan fingerprint density at radius 2 is 1.88 bits per heavy atom. The van der Waals surface area contributed by atoms with Crippen LogP contribution in [0, 0.1) is 0 Å². The minimum absolute atomic E-state index is 0.0755. The summed E-state index contributed by atoms with van der Waals surface area (Å²) in [5.41, 5.74) is 0.922. The average Bonchev–Trinajstić information content (AvgIpc) is 2.53. The van der Waals surface area contributed by atoms with E-state index in [0.717, 1.165) is 16.3 Å². The zero-order valence-electron chi connectivity index (χ0n) is 14.1. The molecule has 0 amide bonds. The Labute approximate surface area is 143 Å². The van der Waals surface area contributed by atoms with Crippen LogP contribution >= 0.6 is 0 Å². The molecule has 1 saturated heterocycles. The molecule has 130 valence electrons. The van der Waals surface area contributed by atoms with Gasteiger partial charge in [0.25, 0.3) is 0 Å². The Balaban J connectivity index is 1.73. The van der Waals surface area contributed by atoms with Crippen LogP contribution in [0.4, 0.5) is 0 Å². The van der Waals surface area contributed by atoms with Gasteiger partial charge in [0.05, 0.1) is 12.4 Å². The van der Waals surface area contributed by atoms with Crippen molar-refractivity contribution in [2.45, 2.75) is 19.1 Å². The summed E-state index contributed by atoms with van der Waals surface area (Å²) in [6, 6.07) is 13.9. The molecule has 3 rings (SSSR count). The van der Waals surface area contributed by atoms with Gasteiger partial charge in [-0.15, -0.1) is 0 Å². The Kier molecular flexibility index (Phi) is 4.92. The third kappa shape index (κ3) is 3.62. The molecular weight excluding hydrogens is 324 g/mol. The van der Waals surface area contributed by atoms with Gasteiger partial charge < -0.3 is 5.11 Å². The number of aliphatic hydroxyl groups excluding tert-OH is 1. The molecule has 24 heavy (non-hydrogen) atoms. The van der Waals surface area contributed by atoms with Gasteiger partial charge in [-0.2, -0.15) is 4.31 Å². The Morgan fingerprint density at radius 1 is 1.17 bits per heavy atom. The third-order valence-corrected chi connectivity index (χ3v) is 6.08. The summed E-state index contributed by atoms with van der Waals surface area (Å²) in [4.78, 5) is 2.14. The summed E-state index contributed by atoms with van der Waals surface area (Å²) in [6.45, 7) is 4.17. The van der Waals surface area contributed by atoms with E-state index in [9.17, 15) is 13.5 Å². The van der Waals surface area contributed by atoms with Gasteiger partial charge in [0.15, 0.2) is 0 Å². The van der Waals surface area contributed by atoms with Gasteiger partial charge in [0.1, 0.15) is 0 Å². The summed E-state index contributed by atoms with van der Waals surface area (Å²) in [7, 11) is -3.16. The first-order valence-corrected chi connectivity index (χ1v) is 10.1. The number of sulfonamides is 1. The van der Waals surface area contributed by atoms with E-state index in [1.54, 1.807) is 0 Å². The van der Waals surface area contributed by atoms with Gasteiger partial charge in [-0.25, -0.2) is 8.42 Å². The molecule has 1 heterocycles. The SMILES string of the molecule is C[C@H]1CN(C[C@H](O)c2cccc3ccccc23)CCN1S(C)(=O)=O. The number of benzene rings is 2. The fraction of sp³-hybridized carbons (Fsp3) is 0.444. The van der Waals surface area contributed by atoms with Crippen molar-refractivity contribution in [2.75, 3.05) is 32.4 Å². The second-order valence-electron chi connectivity index (χ2n) is 6.57. The molecule has 2 aromatic rings. The van der Waals surface area contributed by atoms with Crippen molar-refractivity contribution in [2.24, 2.45) is 0 Å². The van der Waals surface area contributed by atoms with Crippen LogP contribution in [0.15, 0.2) is 42.5 Å². The third-order valence-electron chi connectivity index (χ3n) is 4.69. The van der Waals surface area contributed by atoms with E-state index < -0.39 is 16.1 Å². The molecule has 0 saturated carbocycles. The fourth-order valence-corrected chi connectivity index (χ4v) is 4.69. The lowest BCUT2D eigenvalue weighted by molar-refractivity contribution is 0.0760. The maximum Gasteiger partial charge on any atom is 0.211 e. The Bertz CT molecular complexity index is 817. The number of aliphatic hydroxyl groups is 1. The first kappa shape index (κ1) is 17.4. The molecule has 5 nitrogen and oxygen atoms in total. The van der Waals surface area contributed by atoms with Crippen molar-refractivity contribution in [1.82, 2.24) is 9.21 Å². The molecule has 1 aliphatic rings. The molecule has 1 N–H and O–H groups in total. The van der Waals surface area contributed by atoms with Crippen LogP contribution in [-0.2, 0) is 10.0 Å². The summed E-state index contributed by atoms with van der Waals surface area (Å²) < 4.78 is 25.0. The van der Waals surface area contributed by atoms with E-state index in [4.69, 9.17) is 0 Å². The second kappa shape index (κ2) is 6.80. The maximum absolute atomic E-state index is 11.8. The number of hydrogen-bond donors (Lipinski definition) is 1. The summed E-state index contributed by atoms with van der Waals surface area (Å²) in [5.74, 6) is 0. The molecule has 0 spiro atoms. The zero-order chi connectivity index (χ0) is 17.3. The van der Waals surface area contributed by atoms with Crippen LogP contribution in [0.2, 0.25) is 0 Å². The van der Waals surface area contributed by atoms with Crippen molar-refractivity contribution in [3.63, 3.8) is 0 Å². The van der Waals surface area contributed by atoms with Crippen LogP contribution in [0.5, 0.6) is 0 Å². The van der Waals surface area contributed by atoms with E-state index in [2.05, 4.69) is 4.90 Å².